The maximum atomic E-state index is 3.73. The zero-order valence-corrected chi connectivity index (χ0v) is 12.1. The molecule has 0 saturated carbocycles. The molecule has 3 atom stereocenters. The molecule has 1 heterocycles. The molecule has 2 rings (SSSR count). The van der Waals surface area contributed by atoms with Gasteiger partial charge in [0.2, 0.25) is 0 Å². The number of anilines is 1. The maximum absolute atomic E-state index is 3.73. The summed E-state index contributed by atoms with van der Waals surface area (Å²) in [5, 5.41) is 3.73. The SMILES string of the molecule is CCc1cccc(NC2CC(C)N(C)CC2C)c1. The number of rotatable bonds is 3. The molecular weight excluding hydrogens is 220 g/mol. The molecule has 0 amide bonds. The minimum absolute atomic E-state index is 0.600. The second-order valence-corrected chi connectivity index (χ2v) is 5.81. The van der Waals surface area contributed by atoms with E-state index in [-0.39, 0.29) is 0 Å². The van der Waals surface area contributed by atoms with Crippen molar-refractivity contribution in [2.45, 2.75) is 45.7 Å². The number of nitrogens with zero attached hydrogens (tertiary/aromatic N) is 1. The molecule has 0 spiro atoms. The molecule has 1 fully saturated rings. The van der Waals surface area contributed by atoms with Crippen molar-refractivity contribution in [3.63, 3.8) is 0 Å². The van der Waals surface area contributed by atoms with Crippen molar-refractivity contribution >= 4 is 5.69 Å². The van der Waals surface area contributed by atoms with E-state index in [0.717, 1.165) is 6.42 Å². The molecule has 0 bridgehead atoms. The van der Waals surface area contributed by atoms with Gasteiger partial charge in [-0.25, -0.2) is 0 Å². The van der Waals surface area contributed by atoms with Crippen LogP contribution in [0.25, 0.3) is 0 Å². The number of hydrogen-bond acceptors (Lipinski definition) is 2. The van der Waals surface area contributed by atoms with Crippen molar-refractivity contribution in [3.05, 3.63) is 29.8 Å². The van der Waals surface area contributed by atoms with E-state index in [9.17, 15) is 0 Å². The van der Waals surface area contributed by atoms with E-state index < -0.39 is 0 Å². The molecule has 0 radical (unpaired) electrons. The van der Waals surface area contributed by atoms with E-state index in [4.69, 9.17) is 0 Å². The number of likely N-dealkylation sites (tertiary alicyclic amines) is 1. The molecule has 2 nitrogen and oxygen atoms in total. The lowest BCUT2D eigenvalue weighted by atomic mass is 9.89. The highest BCUT2D eigenvalue weighted by molar-refractivity contribution is 5.46. The van der Waals surface area contributed by atoms with Gasteiger partial charge in [0.05, 0.1) is 0 Å². The smallest absolute Gasteiger partial charge is 0.0345 e. The van der Waals surface area contributed by atoms with Crippen molar-refractivity contribution in [1.82, 2.24) is 4.90 Å². The van der Waals surface area contributed by atoms with Crippen LogP contribution in [0.5, 0.6) is 0 Å². The van der Waals surface area contributed by atoms with Gasteiger partial charge in [-0.1, -0.05) is 26.0 Å². The van der Waals surface area contributed by atoms with Crippen LogP contribution in [0.1, 0.15) is 32.8 Å². The normalized spacial score (nSPS) is 29.2. The Morgan fingerprint density at radius 1 is 1.33 bits per heavy atom. The molecule has 0 aliphatic carbocycles. The van der Waals surface area contributed by atoms with E-state index in [1.165, 1.54) is 24.2 Å². The van der Waals surface area contributed by atoms with E-state index in [1.807, 2.05) is 0 Å². The summed E-state index contributed by atoms with van der Waals surface area (Å²) in [7, 11) is 2.23. The van der Waals surface area contributed by atoms with Gasteiger partial charge >= 0.3 is 0 Å². The average Bonchev–Trinajstić information content (AvgIpc) is 2.36. The number of nitrogens with one attached hydrogen (secondary N) is 1. The summed E-state index contributed by atoms with van der Waals surface area (Å²) < 4.78 is 0. The molecule has 18 heavy (non-hydrogen) atoms. The third-order valence-corrected chi connectivity index (χ3v) is 4.30. The molecule has 1 aliphatic rings. The monoisotopic (exact) mass is 246 g/mol. The summed E-state index contributed by atoms with van der Waals surface area (Å²) in [6, 6.07) is 10.1. The molecular formula is C16H26N2. The van der Waals surface area contributed by atoms with Crippen molar-refractivity contribution in [2.75, 3.05) is 18.9 Å². The summed E-state index contributed by atoms with van der Waals surface area (Å²) in [6.45, 7) is 8.07. The van der Waals surface area contributed by atoms with Crippen LogP contribution in [-0.2, 0) is 6.42 Å². The molecule has 1 N–H and O–H groups in total. The first-order valence-electron chi connectivity index (χ1n) is 7.16. The van der Waals surface area contributed by atoms with Gasteiger partial charge in [0, 0.05) is 24.3 Å². The Balaban J connectivity index is 2.03. The molecule has 0 aromatic heterocycles. The third kappa shape index (κ3) is 3.05. The number of aryl methyl sites for hydroxylation is 1. The first kappa shape index (κ1) is 13.4. The van der Waals surface area contributed by atoms with Crippen LogP contribution in [-0.4, -0.2) is 30.6 Å². The van der Waals surface area contributed by atoms with Crippen LogP contribution in [0.2, 0.25) is 0 Å². The highest BCUT2D eigenvalue weighted by Crippen LogP contribution is 2.24. The zero-order valence-electron chi connectivity index (χ0n) is 12.1. The van der Waals surface area contributed by atoms with Crippen molar-refractivity contribution in [2.24, 2.45) is 5.92 Å². The molecule has 3 unspecified atom stereocenters. The summed E-state index contributed by atoms with van der Waals surface area (Å²) >= 11 is 0. The summed E-state index contributed by atoms with van der Waals surface area (Å²) in [5.41, 5.74) is 2.69. The minimum atomic E-state index is 0.600. The van der Waals surface area contributed by atoms with Crippen molar-refractivity contribution < 1.29 is 0 Å². The number of piperidine rings is 1. The van der Waals surface area contributed by atoms with Crippen LogP contribution >= 0.6 is 0 Å². The Kier molecular flexibility index (Phi) is 4.28. The average molecular weight is 246 g/mol. The minimum Gasteiger partial charge on any atom is -0.382 e. The second kappa shape index (κ2) is 5.75. The van der Waals surface area contributed by atoms with E-state index in [0.29, 0.717) is 18.0 Å². The molecule has 1 aromatic rings. The quantitative estimate of drug-likeness (QED) is 0.879. The number of hydrogen-bond donors (Lipinski definition) is 1. The van der Waals surface area contributed by atoms with Gasteiger partial charge in [-0.3, -0.25) is 0 Å². The van der Waals surface area contributed by atoms with Crippen molar-refractivity contribution in [1.29, 1.82) is 0 Å². The highest BCUT2D eigenvalue weighted by atomic mass is 15.2. The van der Waals surface area contributed by atoms with Crippen molar-refractivity contribution in [3.8, 4) is 0 Å². The third-order valence-electron chi connectivity index (χ3n) is 4.30. The Hall–Kier alpha value is -1.02. The second-order valence-electron chi connectivity index (χ2n) is 5.81. The van der Waals surface area contributed by atoms with Crippen LogP contribution in [0.3, 0.4) is 0 Å². The van der Waals surface area contributed by atoms with E-state index in [2.05, 4.69) is 62.3 Å². The highest BCUT2D eigenvalue weighted by Gasteiger charge is 2.28. The fraction of sp³-hybridized carbons (Fsp3) is 0.625. The molecule has 2 heteroatoms. The van der Waals surface area contributed by atoms with E-state index in [1.54, 1.807) is 0 Å². The topological polar surface area (TPSA) is 15.3 Å². The summed E-state index contributed by atoms with van der Waals surface area (Å²) in [6.07, 6.45) is 2.34. The Morgan fingerprint density at radius 2 is 2.11 bits per heavy atom. The van der Waals surface area contributed by atoms with Crippen LogP contribution < -0.4 is 5.32 Å². The standard InChI is InChI=1S/C16H26N2/c1-5-14-7-6-8-15(10-14)17-16-9-13(3)18(4)11-12(16)2/h6-8,10,12-13,16-17H,5,9,11H2,1-4H3. The van der Waals surface area contributed by atoms with Crippen LogP contribution in [0, 0.1) is 5.92 Å². The summed E-state index contributed by atoms with van der Waals surface area (Å²) in [5.74, 6) is 0.705. The maximum Gasteiger partial charge on any atom is 0.0345 e. The van der Waals surface area contributed by atoms with Gasteiger partial charge in [-0.2, -0.15) is 0 Å². The number of benzene rings is 1. The zero-order chi connectivity index (χ0) is 13.1. The Labute approximate surface area is 111 Å². The Morgan fingerprint density at radius 3 is 2.83 bits per heavy atom. The van der Waals surface area contributed by atoms with Gasteiger partial charge in [0.25, 0.3) is 0 Å². The fourth-order valence-corrected chi connectivity index (χ4v) is 2.84. The predicted octanol–water partition coefficient (Wildman–Crippen LogP) is 3.39. The molecule has 1 saturated heterocycles. The first-order valence-corrected chi connectivity index (χ1v) is 7.16. The predicted molar refractivity (Wildman–Crippen MR) is 79.1 cm³/mol. The van der Waals surface area contributed by atoms with Crippen LogP contribution in [0.4, 0.5) is 5.69 Å². The van der Waals surface area contributed by atoms with Gasteiger partial charge < -0.3 is 10.2 Å². The fourth-order valence-electron chi connectivity index (χ4n) is 2.84. The van der Waals surface area contributed by atoms with E-state index >= 15 is 0 Å². The van der Waals surface area contributed by atoms with Gasteiger partial charge in [0.15, 0.2) is 0 Å². The first-order chi connectivity index (χ1) is 8.60. The Bertz CT molecular complexity index is 388. The lowest BCUT2D eigenvalue weighted by Gasteiger charge is -2.40. The molecule has 1 aromatic carbocycles. The van der Waals surface area contributed by atoms with Gasteiger partial charge in [-0.05, 0) is 50.4 Å². The van der Waals surface area contributed by atoms with Gasteiger partial charge in [-0.15, -0.1) is 0 Å². The summed E-state index contributed by atoms with van der Waals surface area (Å²) in [4.78, 5) is 2.46. The van der Waals surface area contributed by atoms with Gasteiger partial charge in [0.1, 0.15) is 0 Å². The lowest BCUT2D eigenvalue weighted by molar-refractivity contribution is 0.145. The van der Waals surface area contributed by atoms with Crippen LogP contribution in [0.15, 0.2) is 24.3 Å². The largest absolute Gasteiger partial charge is 0.382 e. The lowest BCUT2D eigenvalue weighted by Crippen LogP contribution is -2.48. The molecule has 1 aliphatic heterocycles. The molecule has 100 valence electrons.